The van der Waals surface area contributed by atoms with Gasteiger partial charge < -0.3 is 42.5 Å². The van der Waals surface area contributed by atoms with E-state index in [0.29, 0.717) is 24.5 Å². The van der Waals surface area contributed by atoms with Crippen molar-refractivity contribution in [2.24, 2.45) is 10.8 Å². The largest absolute Gasteiger partial charge is 0.347 e. The topological polar surface area (TPSA) is 260 Å². The monoisotopic (exact) mass is 1020 g/mol. The molecule has 2 unspecified atom stereocenters. The van der Waals surface area contributed by atoms with Gasteiger partial charge in [0.05, 0.1) is 48.6 Å². The standard InChI is InChI=1S/C54H78N14O6/c1-33(55-9)47(69)61-45(53(3,4)5)51(73)59-43(49(71)57-41-25-17-21-35-19-11-13-23-39(35)41)29-37-31-67(65-63-37)27-15-16-28-68-32-38(64-66-68)30-44(50(72)58-42-26-18-22-36-20-12-14-24-40(36)42)60-52(74)46(54(6,7)8)62-48(70)34(2)56-10/h11-16,19-20,23-24,31-34,41-46,55-56H,17-18,21-22,25-30H2,1-10H3,(H,57,71)(H,58,72)(H,59,73)(H,60,74)(H,61,69)(H,62,70)/b16-15-/t33-,34-,41+,42?,43-,44-,45+,46?/m0/s1. The molecule has 2 aromatic heterocycles. The predicted octanol–water partition coefficient (Wildman–Crippen LogP) is 2.85. The van der Waals surface area contributed by atoms with Crippen molar-refractivity contribution >= 4 is 35.4 Å². The summed E-state index contributed by atoms with van der Waals surface area (Å²) >= 11 is 0. The fraction of sp³-hybridized carbons (Fsp3) is 0.556. The van der Waals surface area contributed by atoms with Crippen molar-refractivity contribution in [1.29, 1.82) is 0 Å². The third-order valence-corrected chi connectivity index (χ3v) is 13.9. The van der Waals surface area contributed by atoms with Crippen LogP contribution in [0, 0.1) is 10.8 Å². The number of benzene rings is 2. The van der Waals surface area contributed by atoms with Crippen LogP contribution in [0.2, 0.25) is 0 Å². The van der Waals surface area contributed by atoms with Gasteiger partial charge >= 0.3 is 0 Å². The van der Waals surface area contributed by atoms with E-state index in [1.54, 1.807) is 49.7 Å². The minimum absolute atomic E-state index is 0.0452. The first-order valence-electron chi connectivity index (χ1n) is 25.9. The van der Waals surface area contributed by atoms with Crippen molar-refractivity contribution in [2.45, 2.75) is 168 Å². The number of aromatic nitrogens is 6. The molecule has 6 amide bonds. The average molecular weight is 1020 g/mol. The van der Waals surface area contributed by atoms with Gasteiger partial charge in [0.25, 0.3) is 0 Å². The summed E-state index contributed by atoms with van der Waals surface area (Å²) < 4.78 is 3.24. The number of allylic oxidation sites excluding steroid dienone is 2. The lowest BCUT2D eigenvalue weighted by Gasteiger charge is -2.33. The quantitative estimate of drug-likeness (QED) is 0.0529. The lowest BCUT2D eigenvalue weighted by molar-refractivity contribution is -0.135. The Hall–Kier alpha value is -6.80. The van der Waals surface area contributed by atoms with Gasteiger partial charge in [-0.15, -0.1) is 10.2 Å². The molecule has 2 aliphatic rings. The van der Waals surface area contributed by atoms with E-state index < -0.39 is 58.9 Å². The second kappa shape index (κ2) is 25.4. The highest BCUT2D eigenvalue weighted by Gasteiger charge is 2.38. The number of rotatable bonds is 22. The van der Waals surface area contributed by atoms with Gasteiger partial charge in [-0.3, -0.25) is 28.8 Å². The van der Waals surface area contributed by atoms with E-state index in [9.17, 15) is 28.8 Å². The molecule has 8 N–H and O–H groups in total. The smallest absolute Gasteiger partial charge is 0.243 e. The van der Waals surface area contributed by atoms with E-state index in [4.69, 9.17) is 0 Å². The SMILES string of the molecule is CN[C@@H](C)C(=O)NC(C(=O)N[C@@H](Cc1cn(C/C=C\Cn2cc(C[C@H](NC(=O)[C@@H](NC(=O)[C@H](C)NC)C(C)(C)C)C(=O)N[C@@H]3CCCc4ccccc43)nn2)nn1)C(=O)NC1CCCc2ccccc21)C(C)(C)C. The summed E-state index contributed by atoms with van der Waals surface area (Å²) in [6, 6.07) is 10.6. The third kappa shape index (κ3) is 15.4. The molecule has 400 valence electrons. The Bertz CT molecular complexity index is 2440. The number of carbonyl (C=O) groups excluding carboxylic acids is 6. The van der Waals surface area contributed by atoms with Gasteiger partial charge in [-0.2, -0.15) is 0 Å². The number of nitrogens with zero attached hydrogens (tertiary/aromatic N) is 6. The molecule has 2 aromatic carbocycles. The van der Waals surface area contributed by atoms with Gasteiger partial charge in [0, 0.05) is 25.2 Å². The Morgan fingerprint density at radius 1 is 0.568 bits per heavy atom. The van der Waals surface area contributed by atoms with Crippen molar-refractivity contribution < 1.29 is 28.8 Å². The van der Waals surface area contributed by atoms with Crippen LogP contribution in [0.3, 0.4) is 0 Å². The summed E-state index contributed by atoms with van der Waals surface area (Å²) in [5.41, 5.74) is 4.08. The van der Waals surface area contributed by atoms with E-state index in [0.717, 1.165) is 49.7 Å². The maximum absolute atomic E-state index is 14.2. The summed E-state index contributed by atoms with van der Waals surface area (Å²) in [6.45, 7) is 15.2. The highest BCUT2D eigenvalue weighted by molar-refractivity contribution is 5.95. The molecule has 8 atom stereocenters. The number of carbonyl (C=O) groups is 6. The lowest BCUT2D eigenvalue weighted by atomic mass is 9.85. The van der Waals surface area contributed by atoms with Crippen molar-refractivity contribution in [3.8, 4) is 0 Å². The van der Waals surface area contributed by atoms with Gasteiger partial charge in [-0.1, -0.05) is 113 Å². The Labute approximate surface area is 435 Å². The molecule has 0 spiro atoms. The predicted molar refractivity (Wildman–Crippen MR) is 281 cm³/mol. The highest BCUT2D eigenvalue weighted by atomic mass is 16.2. The summed E-state index contributed by atoms with van der Waals surface area (Å²) in [4.78, 5) is 82.4. The van der Waals surface area contributed by atoms with Crippen molar-refractivity contribution in [2.75, 3.05) is 14.1 Å². The van der Waals surface area contributed by atoms with Gasteiger partial charge in [0.15, 0.2) is 0 Å². The number of hydrogen-bond donors (Lipinski definition) is 8. The first kappa shape index (κ1) is 56.5. The van der Waals surface area contributed by atoms with E-state index in [1.165, 1.54) is 11.1 Å². The molecule has 0 saturated carbocycles. The number of aryl methyl sites for hydroxylation is 2. The van der Waals surface area contributed by atoms with E-state index in [2.05, 4.69) is 75.3 Å². The van der Waals surface area contributed by atoms with Crippen LogP contribution in [0.5, 0.6) is 0 Å². The fourth-order valence-electron chi connectivity index (χ4n) is 9.25. The minimum Gasteiger partial charge on any atom is -0.347 e. The van der Waals surface area contributed by atoms with E-state index in [1.807, 2.05) is 90.1 Å². The number of nitrogens with one attached hydrogen (secondary N) is 8. The van der Waals surface area contributed by atoms with Gasteiger partial charge in [-0.25, -0.2) is 9.36 Å². The zero-order valence-electron chi connectivity index (χ0n) is 44.8. The highest BCUT2D eigenvalue weighted by Crippen LogP contribution is 2.31. The molecule has 0 bridgehead atoms. The Morgan fingerprint density at radius 3 is 1.31 bits per heavy atom. The number of fused-ring (bicyclic) bond motifs is 2. The number of hydrogen-bond acceptors (Lipinski definition) is 12. The summed E-state index contributed by atoms with van der Waals surface area (Å²) in [5.74, 6) is -2.40. The second-order valence-electron chi connectivity index (χ2n) is 21.8. The first-order valence-corrected chi connectivity index (χ1v) is 25.9. The van der Waals surface area contributed by atoms with Crippen LogP contribution < -0.4 is 42.5 Å². The zero-order chi connectivity index (χ0) is 53.7. The summed E-state index contributed by atoms with van der Waals surface area (Å²) in [7, 11) is 3.33. The molecular formula is C54H78N14O6. The zero-order valence-corrected chi connectivity index (χ0v) is 44.8. The van der Waals surface area contributed by atoms with Crippen LogP contribution in [0.1, 0.15) is 127 Å². The fourth-order valence-corrected chi connectivity index (χ4v) is 9.25. The Balaban J connectivity index is 1.13. The molecule has 74 heavy (non-hydrogen) atoms. The van der Waals surface area contributed by atoms with E-state index in [-0.39, 0.29) is 48.6 Å². The van der Waals surface area contributed by atoms with Crippen molar-refractivity contribution in [1.82, 2.24) is 72.5 Å². The van der Waals surface area contributed by atoms with Crippen LogP contribution in [-0.4, -0.2) is 116 Å². The molecule has 0 saturated heterocycles. The molecule has 2 aliphatic carbocycles. The van der Waals surface area contributed by atoms with Crippen LogP contribution in [-0.2, 0) is 67.5 Å². The normalized spacial score (nSPS) is 18.1. The Morgan fingerprint density at radius 2 is 0.946 bits per heavy atom. The van der Waals surface area contributed by atoms with Crippen LogP contribution in [0.4, 0.5) is 0 Å². The summed E-state index contributed by atoms with van der Waals surface area (Å²) in [5, 5.41) is 41.2. The lowest BCUT2D eigenvalue weighted by Crippen LogP contribution is -2.60. The molecule has 20 nitrogen and oxygen atoms in total. The molecular weight excluding hydrogens is 941 g/mol. The van der Waals surface area contributed by atoms with E-state index >= 15 is 0 Å². The van der Waals surface area contributed by atoms with Gasteiger partial charge in [0.2, 0.25) is 35.4 Å². The maximum atomic E-state index is 14.2. The average Bonchev–Trinajstić information content (AvgIpc) is 4.03. The third-order valence-electron chi connectivity index (χ3n) is 13.9. The molecule has 0 radical (unpaired) electrons. The van der Waals surface area contributed by atoms with Crippen molar-refractivity contribution in [3.05, 3.63) is 107 Å². The van der Waals surface area contributed by atoms with Crippen LogP contribution in [0.15, 0.2) is 73.1 Å². The maximum Gasteiger partial charge on any atom is 0.243 e. The molecule has 20 heteroatoms. The molecule has 2 heterocycles. The minimum atomic E-state index is -1.03. The van der Waals surface area contributed by atoms with Crippen LogP contribution >= 0.6 is 0 Å². The Kier molecular flexibility index (Phi) is 19.4. The second-order valence-corrected chi connectivity index (χ2v) is 21.8. The molecule has 0 aliphatic heterocycles. The summed E-state index contributed by atoms with van der Waals surface area (Å²) in [6.07, 6.45) is 12.5. The van der Waals surface area contributed by atoms with Crippen LogP contribution in [0.25, 0.3) is 0 Å². The first-order chi connectivity index (χ1) is 35.1. The van der Waals surface area contributed by atoms with Crippen molar-refractivity contribution in [3.63, 3.8) is 0 Å². The molecule has 0 fully saturated rings. The van der Waals surface area contributed by atoms with Gasteiger partial charge in [-0.05, 0) is 99.6 Å². The number of amides is 6. The number of likely N-dealkylation sites (N-methyl/N-ethyl adjacent to an activating group) is 2. The van der Waals surface area contributed by atoms with Gasteiger partial charge in [0.1, 0.15) is 24.2 Å². The molecule has 6 rings (SSSR count). The molecule has 4 aromatic rings.